The Hall–Kier alpha value is 0.816. The molecule has 0 aliphatic carbocycles. The molecule has 0 nitrogen and oxygen atoms in total. The molecule has 0 heterocycles. The van der Waals surface area contributed by atoms with E-state index in [0.717, 1.165) is 10.0 Å². The second-order valence-corrected chi connectivity index (χ2v) is 2.55. The van der Waals surface area contributed by atoms with Gasteiger partial charge in [0, 0.05) is 0 Å². The monoisotopic (exact) mass is 272 g/mol. The molecule has 0 N–H and O–H groups in total. The third-order valence-electron chi connectivity index (χ3n) is 0.889. The van der Waals surface area contributed by atoms with E-state index in [1.165, 1.54) is 0 Å². The number of hydrogen-bond donors (Lipinski definition) is 0. The molecule has 0 aliphatic heterocycles. The summed E-state index contributed by atoms with van der Waals surface area (Å²) in [4.78, 5) is 0. The molecule has 1 rings (SSSR count). The summed E-state index contributed by atoms with van der Waals surface area (Å²) in [6, 6.07) is 7.88. The molecule has 0 saturated heterocycles. The molecular formula is C7H6Br2Mg. The molecule has 1 aromatic rings. The Kier molecular flexibility index (Phi) is 8.74. The average molecular weight is 274 g/mol. The first-order valence-electron chi connectivity index (χ1n) is 2.36. The molecule has 0 aliphatic rings. The Balaban J connectivity index is 0. The minimum absolute atomic E-state index is 0. The summed E-state index contributed by atoms with van der Waals surface area (Å²) in [6.07, 6.45) is 0. The Bertz CT molecular complexity index is 171. The first-order valence-corrected chi connectivity index (χ1v) is 3.16. The van der Waals surface area contributed by atoms with Crippen molar-refractivity contribution in [2.24, 2.45) is 0 Å². The number of benzene rings is 1. The maximum Gasteiger partial charge on any atom is 2.00 e. The van der Waals surface area contributed by atoms with E-state index in [-0.39, 0.29) is 40.0 Å². The quantitative estimate of drug-likeness (QED) is 0.431. The van der Waals surface area contributed by atoms with E-state index in [2.05, 4.69) is 22.9 Å². The van der Waals surface area contributed by atoms with Crippen molar-refractivity contribution in [3.8, 4) is 0 Å². The molecule has 50 valence electrons. The SMILES string of the molecule is [Br-].[CH2-]c1cccc(Br)c1.[Mg+2]. The van der Waals surface area contributed by atoms with E-state index < -0.39 is 0 Å². The van der Waals surface area contributed by atoms with Gasteiger partial charge in [-0.2, -0.15) is 18.6 Å². The fraction of sp³-hybridized carbons (Fsp3) is 0. The fourth-order valence-corrected chi connectivity index (χ4v) is 0.984. The Morgan fingerprint density at radius 3 is 2.20 bits per heavy atom. The first kappa shape index (κ1) is 13.4. The van der Waals surface area contributed by atoms with Gasteiger partial charge < -0.3 is 17.0 Å². The van der Waals surface area contributed by atoms with Crippen LogP contribution in [0.5, 0.6) is 0 Å². The average Bonchev–Trinajstić information content (AvgIpc) is 1.64. The van der Waals surface area contributed by atoms with Crippen LogP contribution in [0, 0.1) is 6.92 Å². The van der Waals surface area contributed by atoms with Crippen LogP contribution in [0.3, 0.4) is 0 Å². The topological polar surface area (TPSA) is 0 Å². The Labute approximate surface area is 96.4 Å². The van der Waals surface area contributed by atoms with Gasteiger partial charge >= 0.3 is 23.1 Å². The molecule has 3 heteroatoms. The number of hydrogen-bond acceptors (Lipinski definition) is 0. The van der Waals surface area contributed by atoms with Gasteiger partial charge in [-0.25, -0.2) is 0 Å². The van der Waals surface area contributed by atoms with Crippen LogP contribution in [0.15, 0.2) is 28.7 Å². The summed E-state index contributed by atoms with van der Waals surface area (Å²) in [5, 5.41) is 0. The molecule has 0 unspecified atom stereocenters. The van der Waals surface area contributed by atoms with Gasteiger partial charge in [0.15, 0.2) is 0 Å². The van der Waals surface area contributed by atoms with Gasteiger partial charge in [0.2, 0.25) is 0 Å². The second-order valence-electron chi connectivity index (χ2n) is 1.63. The van der Waals surface area contributed by atoms with Crippen molar-refractivity contribution in [2.45, 2.75) is 0 Å². The number of rotatable bonds is 0. The smallest absolute Gasteiger partial charge is 1.00 e. The molecule has 0 aromatic heterocycles. The van der Waals surface area contributed by atoms with Crippen molar-refractivity contribution in [1.82, 2.24) is 0 Å². The third-order valence-corrected chi connectivity index (χ3v) is 1.38. The molecule has 0 bridgehead atoms. The summed E-state index contributed by atoms with van der Waals surface area (Å²) in [6.45, 7) is 3.75. The zero-order valence-corrected chi connectivity index (χ0v) is 10.1. The number of halogens is 2. The summed E-state index contributed by atoms with van der Waals surface area (Å²) in [5.41, 5.74) is 1.04. The van der Waals surface area contributed by atoms with Gasteiger partial charge in [-0.05, 0) is 4.47 Å². The summed E-state index contributed by atoms with van der Waals surface area (Å²) in [5.74, 6) is 0. The van der Waals surface area contributed by atoms with Crippen molar-refractivity contribution in [2.75, 3.05) is 0 Å². The van der Waals surface area contributed by atoms with Crippen LogP contribution in [-0.2, 0) is 0 Å². The zero-order chi connectivity index (χ0) is 5.98. The van der Waals surface area contributed by atoms with Crippen LogP contribution in [-0.4, -0.2) is 23.1 Å². The molecule has 0 spiro atoms. The van der Waals surface area contributed by atoms with Gasteiger partial charge in [0.25, 0.3) is 0 Å². The van der Waals surface area contributed by atoms with Crippen molar-refractivity contribution in [1.29, 1.82) is 0 Å². The van der Waals surface area contributed by atoms with E-state index >= 15 is 0 Å². The molecule has 0 fully saturated rings. The predicted octanol–water partition coefficient (Wildman–Crippen LogP) is -0.746. The van der Waals surface area contributed by atoms with Crippen LogP contribution >= 0.6 is 15.9 Å². The van der Waals surface area contributed by atoms with Crippen molar-refractivity contribution < 1.29 is 17.0 Å². The van der Waals surface area contributed by atoms with E-state index in [9.17, 15) is 0 Å². The maximum atomic E-state index is 3.75. The van der Waals surface area contributed by atoms with E-state index in [0.29, 0.717) is 0 Å². The molecule has 0 saturated carbocycles. The first-order chi connectivity index (χ1) is 3.79. The molecule has 10 heavy (non-hydrogen) atoms. The molecule has 0 atom stereocenters. The van der Waals surface area contributed by atoms with E-state index in [1.807, 2.05) is 24.3 Å². The normalized spacial score (nSPS) is 7.30. The Morgan fingerprint density at radius 2 is 1.90 bits per heavy atom. The minimum atomic E-state index is 0. The summed E-state index contributed by atoms with van der Waals surface area (Å²) < 4.78 is 1.09. The molecule has 0 amide bonds. The molecule has 0 radical (unpaired) electrons. The minimum Gasteiger partial charge on any atom is -1.00 e. The van der Waals surface area contributed by atoms with E-state index in [4.69, 9.17) is 0 Å². The second kappa shape index (κ2) is 6.52. The van der Waals surface area contributed by atoms with Crippen LogP contribution < -0.4 is 17.0 Å². The van der Waals surface area contributed by atoms with Crippen LogP contribution in [0.4, 0.5) is 0 Å². The van der Waals surface area contributed by atoms with Crippen molar-refractivity contribution >= 4 is 39.0 Å². The summed E-state index contributed by atoms with van der Waals surface area (Å²) in [7, 11) is 0. The molecular weight excluding hydrogens is 268 g/mol. The zero-order valence-electron chi connectivity index (χ0n) is 5.48. The van der Waals surface area contributed by atoms with Gasteiger partial charge in [-0.1, -0.05) is 22.0 Å². The van der Waals surface area contributed by atoms with Crippen molar-refractivity contribution in [3.63, 3.8) is 0 Å². The fourth-order valence-electron chi connectivity index (χ4n) is 0.537. The molecule has 1 aromatic carbocycles. The van der Waals surface area contributed by atoms with Gasteiger partial charge in [0.05, 0.1) is 0 Å². The van der Waals surface area contributed by atoms with Crippen LogP contribution in [0.25, 0.3) is 0 Å². The Morgan fingerprint density at radius 1 is 1.30 bits per heavy atom. The predicted molar refractivity (Wildman–Crippen MR) is 44.4 cm³/mol. The maximum absolute atomic E-state index is 3.75. The van der Waals surface area contributed by atoms with Gasteiger partial charge in [-0.3, -0.25) is 0 Å². The van der Waals surface area contributed by atoms with Gasteiger partial charge in [0.1, 0.15) is 0 Å². The largest absolute Gasteiger partial charge is 2.00 e. The standard InChI is InChI=1S/C7H6Br.BrH.Mg/c1-6-3-2-4-7(8)5-6;;/h2-5H,1H2;1H;/q-1;;+2/p-1. The third kappa shape index (κ3) is 4.60. The van der Waals surface area contributed by atoms with E-state index in [1.54, 1.807) is 0 Å². The van der Waals surface area contributed by atoms with Crippen LogP contribution in [0.1, 0.15) is 5.56 Å². The summed E-state index contributed by atoms with van der Waals surface area (Å²) >= 11 is 3.32. The van der Waals surface area contributed by atoms with Gasteiger partial charge in [-0.15, -0.1) is 12.1 Å². The van der Waals surface area contributed by atoms with Crippen molar-refractivity contribution in [3.05, 3.63) is 41.2 Å². The van der Waals surface area contributed by atoms with Crippen LogP contribution in [0.2, 0.25) is 0 Å².